The number of thiazole rings is 1. The second kappa shape index (κ2) is 3.64. The van der Waals surface area contributed by atoms with Crippen LogP contribution >= 0.6 is 24.0 Å². The van der Waals surface area contributed by atoms with Crippen molar-refractivity contribution in [3.8, 4) is 0 Å². The van der Waals surface area contributed by atoms with Gasteiger partial charge >= 0.3 is 18.9 Å². The summed E-state index contributed by atoms with van der Waals surface area (Å²) in [6, 6.07) is 8.03. The van der Waals surface area contributed by atoms with Gasteiger partial charge in [-0.15, -0.1) is 24.0 Å². The van der Waals surface area contributed by atoms with Crippen molar-refractivity contribution in [3.05, 3.63) is 24.3 Å². The molecule has 0 atom stereocenters. The van der Waals surface area contributed by atoms with E-state index in [4.69, 9.17) is 0 Å². The molecule has 0 saturated heterocycles. The zero-order chi connectivity index (χ0) is 6.97. The normalized spacial score (nSPS) is 9.55. The van der Waals surface area contributed by atoms with Crippen molar-refractivity contribution >= 4 is 53.0 Å². The van der Waals surface area contributed by atoms with Gasteiger partial charge < -0.3 is 0 Å². The van der Waals surface area contributed by atoms with Crippen molar-refractivity contribution in [1.29, 1.82) is 0 Å². The van der Waals surface area contributed by atoms with Crippen molar-refractivity contribution in [1.82, 2.24) is 4.98 Å². The SMILES string of the molecule is Sc1nc2ccccc2s1.[LiH]. The molecule has 2 aromatic rings. The summed E-state index contributed by atoms with van der Waals surface area (Å²) < 4.78 is 2.04. The van der Waals surface area contributed by atoms with Crippen molar-refractivity contribution in [2.24, 2.45) is 0 Å². The Bertz CT molecular complexity index is 325. The molecule has 1 nitrogen and oxygen atoms in total. The first-order valence-electron chi connectivity index (χ1n) is 2.91. The van der Waals surface area contributed by atoms with E-state index in [9.17, 15) is 0 Å². The molecule has 0 aliphatic heterocycles. The zero-order valence-electron chi connectivity index (χ0n) is 5.11. The molecule has 0 aliphatic carbocycles. The van der Waals surface area contributed by atoms with Gasteiger partial charge in [-0.05, 0) is 12.1 Å². The van der Waals surface area contributed by atoms with Crippen LogP contribution in [0.15, 0.2) is 28.6 Å². The number of hydrogen-bond acceptors (Lipinski definition) is 3. The number of thiol groups is 1. The van der Waals surface area contributed by atoms with Crippen LogP contribution in [0.2, 0.25) is 0 Å². The van der Waals surface area contributed by atoms with Crippen LogP contribution in [-0.2, 0) is 0 Å². The molecule has 0 radical (unpaired) electrons. The summed E-state index contributed by atoms with van der Waals surface area (Å²) in [5.74, 6) is 0. The van der Waals surface area contributed by atoms with E-state index in [0.29, 0.717) is 0 Å². The first kappa shape index (κ1) is 9.15. The van der Waals surface area contributed by atoms with E-state index in [2.05, 4.69) is 17.6 Å². The van der Waals surface area contributed by atoms with Crippen LogP contribution in [0.3, 0.4) is 0 Å². The molecule has 0 amide bonds. The average Bonchev–Trinajstić information content (AvgIpc) is 2.27. The summed E-state index contributed by atoms with van der Waals surface area (Å²) in [4.78, 5) is 4.20. The molecule has 11 heavy (non-hydrogen) atoms. The van der Waals surface area contributed by atoms with E-state index in [0.717, 1.165) is 9.86 Å². The second-order valence-electron chi connectivity index (χ2n) is 1.96. The summed E-state index contributed by atoms with van der Waals surface area (Å²) >= 11 is 5.76. The average molecular weight is 175 g/mol. The molecule has 0 fully saturated rings. The molecule has 4 heteroatoms. The van der Waals surface area contributed by atoms with Crippen LogP contribution in [-0.4, -0.2) is 23.8 Å². The van der Waals surface area contributed by atoms with Gasteiger partial charge in [0.25, 0.3) is 0 Å². The van der Waals surface area contributed by atoms with Gasteiger partial charge in [0, 0.05) is 0 Å². The Hall–Kier alpha value is 0.0574. The van der Waals surface area contributed by atoms with Crippen LogP contribution in [0.25, 0.3) is 10.2 Å². The van der Waals surface area contributed by atoms with E-state index in [1.807, 2.05) is 24.3 Å². The third kappa shape index (κ3) is 1.80. The first-order valence-corrected chi connectivity index (χ1v) is 4.17. The van der Waals surface area contributed by atoms with Gasteiger partial charge in [0.15, 0.2) is 0 Å². The summed E-state index contributed by atoms with van der Waals surface area (Å²) in [5, 5.41) is 0. The van der Waals surface area contributed by atoms with Gasteiger partial charge in [-0.1, -0.05) is 12.1 Å². The molecule has 0 saturated carbocycles. The maximum atomic E-state index is 4.20. The molecule has 1 heterocycles. The molecule has 0 spiro atoms. The fourth-order valence-corrected chi connectivity index (χ4v) is 1.97. The Morgan fingerprint density at radius 3 is 2.73 bits per heavy atom. The van der Waals surface area contributed by atoms with E-state index in [1.165, 1.54) is 4.70 Å². The minimum absolute atomic E-state index is 0. The molecule has 52 valence electrons. The van der Waals surface area contributed by atoms with Crippen molar-refractivity contribution in [2.75, 3.05) is 0 Å². The molecular weight excluding hydrogens is 169 g/mol. The van der Waals surface area contributed by atoms with Gasteiger partial charge in [0.05, 0.1) is 10.2 Å². The van der Waals surface area contributed by atoms with E-state index in [1.54, 1.807) is 11.3 Å². The van der Waals surface area contributed by atoms with Gasteiger partial charge in [0.2, 0.25) is 0 Å². The predicted octanol–water partition coefficient (Wildman–Crippen LogP) is 1.94. The monoisotopic (exact) mass is 175 g/mol. The van der Waals surface area contributed by atoms with Crippen molar-refractivity contribution in [3.63, 3.8) is 0 Å². The number of nitrogens with zero attached hydrogens (tertiary/aromatic N) is 1. The molecule has 0 bridgehead atoms. The molecule has 1 aromatic carbocycles. The van der Waals surface area contributed by atoms with Crippen molar-refractivity contribution < 1.29 is 0 Å². The number of aromatic nitrogens is 1. The number of para-hydroxylation sites is 1. The Morgan fingerprint density at radius 1 is 1.27 bits per heavy atom. The summed E-state index contributed by atoms with van der Waals surface area (Å²) in [6.45, 7) is 0. The van der Waals surface area contributed by atoms with Crippen LogP contribution in [0.5, 0.6) is 0 Å². The van der Waals surface area contributed by atoms with Crippen LogP contribution in [0.1, 0.15) is 0 Å². The van der Waals surface area contributed by atoms with Crippen LogP contribution in [0, 0.1) is 0 Å². The minimum atomic E-state index is 0. The number of benzene rings is 1. The number of fused-ring (bicyclic) bond motifs is 1. The van der Waals surface area contributed by atoms with Gasteiger partial charge in [-0.2, -0.15) is 0 Å². The van der Waals surface area contributed by atoms with Gasteiger partial charge in [-0.3, -0.25) is 0 Å². The quantitative estimate of drug-likeness (QED) is 0.477. The van der Waals surface area contributed by atoms with Crippen LogP contribution in [0.4, 0.5) is 0 Å². The second-order valence-corrected chi connectivity index (χ2v) is 3.72. The standard InChI is InChI=1S/C7H5NS2.Li.H/c9-7-8-5-3-1-2-4-6(5)10-7;;/h1-4H,(H,8,9);;. The number of rotatable bonds is 0. The van der Waals surface area contributed by atoms with Crippen molar-refractivity contribution in [2.45, 2.75) is 4.34 Å². The topological polar surface area (TPSA) is 12.9 Å². The first-order chi connectivity index (χ1) is 4.86. The fraction of sp³-hybridized carbons (Fsp3) is 0. The Morgan fingerprint density at radius 2 is 2.00 bits per heavy atom. The van der Waals surface area contributed by atoms with Gasteiger partial charge in [0.1, 0.15) is 4.34 Å². The Labute approximate surface area is 86.4 Å². The molecule has 0 unspecified atom stereocenters. The molecule has 0 N–H and O–H groups in total. The third-order valence-corrected chi connectivity index (χ3v) is 2.50. The van der Waals surface area contributed by atoms with E-state index >= 15 is 0 Å². The summed E-state index contributed by atoms with van der Waals surface area (Å²) in [7, 11) is 0. The molecule has 2 rings (SSSR count). The number of hydrogen-bond donors (Lipinski definition) is 1. The Balaban J connectivity index is 0.000000605. The third-order valence-electron chi connectivity index (χ3n) is 1.28. The summed E-state index contributed by atoms with van der Waals surface area (Å²) in [6.07, 6.45) is 0. The molecular formula is C7H6LiNS2. The predicted molar refractivity (Wildman–Crippen MR) is 54.0 cm³/mol. The molecule has 0 aliphatic rings. The summed E-state index contributed by atoms with van der Waals surface area (Å²) in [5.41, 5.74) is 1.04. The molecule has 1 aromatic heterocycles. The fourth-order valence-electron chi connectivity index (χ4n) is 0.860. The van der Waals surface area contributed by atoms with E-state index < -0.39 is 0 Å². The van der Waals surface area contributed by atoms with Crippen LogP contribution < -0.4 is 0 Å². The van der Waals surface area contributed by atoms with E-state index in [-0.39, 0.29) is 18.9 Å². The van der Waals surface area contributed by atoms with Gasteiger partial charge in [-0.25, -0.2) is 4.98 Å². The zero-order valence-corrected chi connectivity index (χ0v) is 6.82. The maximum absolute atomic E-state index is 4.20. The Kier molecular flexibility index (Phi) is 3.03.